The molecule has 0 saturated heterocycles. The van der Waals surface area contributed by atoms with Gasteiger partial charge in [-0.15, -0.1) is 11.3 Å². The third-order valence-electron chi connectivity index (χ3n) is 4.65. The highest BCUT2D eigenvalue weighted by Crippen LogP contribution is 2.27. The van der Waals surface area contributed by atoms with E-state index in [0.29, 0.717) is 25.4 Å². The number of nitrogens with zero attached hydrogens (tertiary/aromatic N) is 3. The Morgan fingerprint density at radius 3 is 2.62 bits per heavy atom. The van der Waals surface area contributed by atoms with Crippen molar-refractivity contribution >= 4 is 56.6 Å². The fourth-order valence-electron chi connectivity index (χ4n) is 3.20. The number of para-hydroxylation sites is 1. The van der Waals surface area contributed by atoms with Crippen LogP contribution in [0.3, 0.4) is 0 Å². The van der Waals surface area contributed by atoms with E-state index in [1.54, 1.807) is 42.5 Å². The second-order valence-electron chi connectivity index (χ2n) is 6.94. The van der Waals surface area contributed by atoms with Crippen molar-refractivity contribution in [2.75, 3.05) is 11.1 Å². The van der Waals surface area contributed by atoms with Gasteiger partial charge in [0.2, 0.25) is 5.91 Å². The van der Waals surface area contributed by atoms with E-state index in [9.17, 15) is 14.4 Å². The van der Waals surface area contributed by atoms with Crippen LogP contribution in [0, 0.1) is 6.92 Å². The van der Waals surface area contributed by atoms with E-state index in [-0.39, 0.29) is 12.2 Å². The van der Waals surface area contributed by atoms with Gasteiger partial charge in [0, 0.05) is 0 Å². The Kier molecular flexibility index (Phi) is 6.50. The number of thiazole rings is 1. The molecular formula is C22H19ClN4O3S2. The predicted octanol–water partition coefficient (Wildman–Crippen LogP) is 4.32. The number of carbonyl (C=O) groups is 1. The minimum absolute atomic E-state index is 0.207. The molecular weight excluding hydrogens is 468 g/mol. The van der Waals surface area contributed by atoms with Gasteiger partial charge >= 0.3 is 5.69 Å². The summed E-state index contributed by atoms with van der Waals surface area (Å²) in [6.45, 7) is 3.56. The highest BCUT2D eigenvalue weighted by molar-refractivity contribution is 8.01. The number of amides is 1. The molecule has 1 N–H and O–H groups in total. The molecule has 0 fully saturated rings. The van der Waals surface area contributed by atoms with E-state index in [2.05, 4.69) is 10.3 Å². The molecule has 32 heavy (non-hydrogen) atoms. The number of hydrogen-bond acceptors (Lipinski definition) is 6. The van der Waals surface area contributed by atoms with Gasteiger partial charge < -0.3 is 5.32 Å². The molecule has 2 aromatic carbocycles. The number of thioether (sulfide) groups is 1. The lowest BCUT2D eigenvalue weighted by atomic mass is 10.2. The highest BCUT2D eigenvalue weighted by atomic mass is 35.5. The normalized spacial score (nSPS) is 11.1. The summed E-state index contributed by atoms with van der Waals surface area (Å²) in [6, 6.07) is 13.9. The van der Waals surface area contributed by atoms with Crippen LogP contribution in [0.1, 0.15) is 12.5 Å². The number of carbonyl (C=O) groups excluding carboxylic acids is 1. The van der Waals surface area contributed by atoms with Crippen molar-refractivity contribution in [1.82, 2.24) is 14.1 Å². The summed E-state index contributed by atoms with van der Waals surface area (Å²) in [5, 5.41) is 3.14. The number of aromatic nitrogens is 3. The lowest BCUT2D eigenvalue weighted by Crippen LogP contribution is -2.40. The molecule has 10 heteroatoms. The second kappa shape index (κ2) is 9.32. The van der Waals surface area contributed by atoms with Crippen LogP contribution in [-0.2, 0) is 11.3 Å². The zero-order valence-corrected chi connectivity index (χ0v) is 19.7. The number of anilines is 1. The first-order valence-corrected chi connectivity index (χ1v) is 12.0. The minimum atomic E-state index is -0.628. The number of aryl methyl sites for hydroxylation is 1. The Labute approximate surface area is 196 Å². The first-order chi connectivity index (χ1) is 15.4. The maximum Gasteiger partial charge on any atom is 0.337 e. The van der Waals surface area contributed by atoms with Crippen molar-refractivity contribution in [3.05, 3.63) is 80.0 Å². The van der Waals surface area contributed by atoms with Crippen LogP contribution in [0.15, 0.2) is 62.5 Å². The molecule has 4 aromatic rings. The summed E-state index contributed by atoms with van der Waals surface area (Å²) in [7, 11) is 0. The Morgan fingerprint density at radius 1 is 1.19 bits per heavy atom. The van der Waals surface area contributed by atoms with Crippen LogP contribution >= 0.6 is 34.7 Å². The average molecular weight is 487 g/mol. The fourth-order valence-corrected chi connectivity index (χ4v) is 5.45. The number of hydrogen-bond donors (Lipinski definition) is 1. The quantitative estimate of drug-likeness (QED) is 0.410. The maximum atomic E-state index is 13.3. The predicted molar refractivity (Wildman–Crippen MR) is 131 cm³/mol. The van der Waals surface area contributed by atoms with Crippen molar-refractivity contribution in [3.8, 4) is 5.69 Å². The van der Waals surface area contributed by atoms with Gasteiger partial charge in [0.15, 0.2) is 9.99 Å². The van der Waals surface area contributed by atoms with Gasteiger partial charge in [0.05, 0.1) is 16.4 Å². The number of nitrogens with one attached hydrogen (secondary N) is 1. The number of benzene rings is 2. The molecule has 0 aliphatic rings. The maximum absolute atomic E-state index is 13.3. The summed E-state index contributed by atoms with van der Waals surface area (Å²) in [5.74, 6) is 0.318. The third kappa shape index (κ3) is 4.36. The fraction of sp³-hybridized carbons (Fsp3) is 0.182. The van der Waals surface area contributed by atoms with Crippen molar-refractivity contribution in [2.45, 2.75) is 24.7 Å². The monoisotopic (exact) mass is 486 g/mol. The molecule has 0 atom stereocenters. The first-order valence-electron chi connectivity index (χ1n) is 9.79. The standard InChI is InChI=1S/C22H19ClN4O3S2/c1-3-31-21-25-19-18(32-21)20(29)27(14-7-5-4-6-8-14)22(30)26(19)12-17(28)24-16-10-9-13(2)11-15(16)23/h4-11H,3,12H2,1-2H3,(H,24,28). The molecule has 164 valence electrons. The summed E-state index contributed by atoms with van der Waals surface area (Å²) >= 11 is 8.92. The van der Waals surface area contributed by atoms with Gasteiger partial charge in [-0.2, -0.15) is 0 Å². The summed E-state index contributed by atoms with van der Waals surface area (Å²) < 4.78 is 3.30. The summed E-state index contributed by atoms with van der Waals surface area (Å²) in [5.41, 5.74) is 0.969. The molecule has 2 aromatic heterocycles. The Balaban J connectivity index is 1.82. The Bertz CT molecular complexity index is 1430. The van der Waals surface area contributed by atoms with Gasteiger partial charge in [0.1, 0.15) is 11.2 Å². The van der Waals surface area contributed by atoms with Crippen molar-refractivity contribution in [3.63, 3.8) is 0 Å². The number of rotatable bonds is 6. The molecule has 4 rings (SSSR count). The van der Waals surface area contributed by atoms with Gasteiger partial charge in [0.25, 0.3) is 5.56 Å². The summed E-state index contributed by atoms with van der Waals surface area (Å²) in [4.78, 5) is 43.8. The third-order valence-corrected chi connectivity index (χ3v) is 7.02. The average Bonchev–Trinajstić information content (AvgIpc) is 3.18. The zero-order valence-electron chi connectivity index (χ0n) is 17.3. The molecule has 7 nitrogen and oxygen atoms in total. The molecule has 0 saturated carbocycles. The van der Waals surface area contributed by atoms with Crippen molar-refractivity contribution < 1.29 is 4.79 Å². The van der Waals surface area contributed by atoms with Crippen molar-refractivity contribution in [2.24, 2.45) is 0 Å². The zero-order chi connectivity index (χ0) is 22.8. The molecule has 0 aliphatic heterocycles. The largest absolute Gasteiger partial charge is 0.337 e. The number of halogens is 1. The van der Waals surface area contributed by atoms with Gasteiger partial charge in [-0.1, -0.05) is 54.6 Å². The molecule has 2 heterocycles. The smallest absolute Gasteiger partial charge is 0.323 e. The van der Waals surface area contributed by atoms with Gasteiger partial charge in [-0.3, -0.25) is 14.2 Å². The van der Waals surface area contributed by atoms with Crippen LogP contribution in [0.25, 0.3) is 16.0 Å². The van der Waals surface area contributed by atoms with E-state index in [1.165, 1.54) is 27.7 Å². The molecule has 1 amide bonds. The highest BCUT2D eigenvalue weighted by Gasteiger charge is 2.21. The molecule has 0 radical (unpaired) electrons. The van der Waals surface area contributed by atoms with E-state index >= 15 is 0 Å². The first kappa shape index (κ1) is 22.3. The lowest BCUT2D eigenvalue weighted by molar-refractivity contribution is -0.116. The van der Waals surface area contributed by atoms with Crippen LogP contribution < -0.4 is 16.6 Å². The van der Waals surface area contributed by atoms with E-state index < -0.39 is 17.2 Å². The topological polar surface area (TPSA) is 86.0 Å². The number of fused-ring (bicyclic) bond motifs is 1. The van der Waals surface area contributed by atoms with Crippen LogP contribution in [0.5, 0.6) is 0 Å². The molecule has 0 aliphatic carbocycles. The van der Waals surface area contributed by atoms with E-state index in [0.717, 1.165) is 15.9 Å². The van der Waals surface area contributed by atoms with Crippen LogP contribution in [-0.4, -0.2) is 25.8 Å². The van der Waals surface area contributed by atoms with Gasteiger partial charge in [-0.25, -0.2) is 14.3 Å². The van der Waals surface area contributed by atoms with Crippen LogP contribution in [0.2, 0.25) is 5.02 Å². The lowest BCUT2D eigenvalue weighted by Gasteiger charge is -2.12. The molecule has 0 bridgehead atoms. The van der Waals surface area contributed by atoms with E-state index in [1.807, 2.05) is 19.9 Å². The van der Waals surface area contributed by atoms with E-state index in [4.69, 9.17) is 11.6 Å². The minimum Gasteiger partial charge on any atom is -0.323 e. The Morgan fingerprint density at radius 2 is 1.94 bits per heavy atom. The SMILES string of the molecule is CCSc1nc2c(s1)c(=O)n(-c1ccccc1)c(=O)n2CC(=O)Nc1ccc(C)cc1Cl. The Hall–Kier alpha value is -2.88. The second-order valence-corrected chi connectivity index (χ2v) is 9.86. The summed E-state index contributed by atoms with van der Waals surface area (Å²) in [6.07, 6.45) is 0. The molecule has 0 unspecified atom stereocenters. The van der Waals surface area contributed by atoms with Crippen LogP contribution in [0.4, 0.5) is 5.69 Å². The molecule has 0 spiro atoms. The van der Waals surface area contributed by atoms with Crippen molar-refractivity contribution in [1.29, 1.82) is 0 Å². The van der Waals surface area contributed by atoms with Gasteiger partial charge in [-0.05, 0) is 42.5 Å².